The van der Waals surface area contributed by atoms with E-state index in [2.05, 4.69) is 11.7 Å². The Labute approximate surface area is 87.9 Å². The first-order chi connectivity index (χ1) is 7.19. The largest absolute Gasteiger partial charge is 0.465 e. The third-order valence-corrected chi connectivity index (χ3v) is 1.78. The Morgan fingerprint density at radius 2 is 1.73 bits per heavy atom. The molecule has 0 bridgehead atoms. The first-order valence-electron chi connectivity index (χ1n) is 4.36. The summed E-state index contributed by atoms with van der Waals surface area (Å²) in [7, 11) is 1.38. The van der Waals surface area contributed by atoms with Crippen molar-refractivity contribution in [1.82, 2.24) is 0 Å². The van der Waals surface area contributed by atoms with Crippen LogP contribution in [0.4, 0.5) is 0 Å². The molecule has 0 fully saturated rings. The van der Waals surface area contributed by atoms with Crippen molar-refractivity contribution in [3.05, 3.63) is 35.4 Å². The molecular formula is C11H12O4. The van der Waals surface area contributed by atoms with E-state index in [1.54, 1.807) is 12.1 Å². The monoisotopic (exact) mass is 208 g/mol. The van der Waals surface area contributed by atoms with Crippen molar-refractivity contribution in [3.63, 3.8) is 0 Å². The second-order valence-corrected chi connectivity index (χ2v) is 2.63. The highest BCUT2D eigenvalue weighted by atomic mass is 16.5. The molecule has 4 nitrogen and oxygen atoms in total. The molecule has 0 radical (unpaired) electrons. The quantitative estimate of drug-likeness (QED) is 0.690. The van der Waals surface area contributed by atoms with Gasteiger partial charge in [-0.1, -0.05) is 19.1 Å². The molecule has 0 spiro atoms. The standard InChI is InChI=1S/C10H12O2.CO2/c1-3-8-4-6-9(7-5-8)10(11)12-2;2-1-3/h4-7H,3H2,1-2H3;. The van der Waals surface area contributed by atoms with Crippen molar-refractivity contribution < 1.29 is 19.1 Å². The highest BCUT2D eigenvalue weighted by Gasteiger charge is 2.02. The van der Waals surface area contributed by atoms with Gasteiger partial charge in [-0.3, -0.25) is 0 Å². The molecule has 0 atom stereocenters. The Bertz CT molecular complexity index is 334. The second-order valence-electron chi connectivity index (χ2n) is 2.63. The van der Waals surface area contributed by atoms with Gasteiger partial charge in [0.05, 0.1) is 12.7 Å². The third-order valence-electron chi connectivity index (χ3n) is 1.78. The summed E-state index contributed by atoms with van der Waals surface area (Å²) in [6.07, 6.45) is 1.24. The lowest BCUT2D eigenvalue weighted by Crippen LogP contribution is -2.00. The molecule has 4 heteroatoms. The summed E-state index contributed by atoms with van der Waals surface area (Å²) in [6.45, 7) is 2.08. The Hall–Kier alpha value is -1.93. The molecule has 0 amide bonds. The number of hydrogen-bond acceptors (Lipinski definition) is 4. The lowest BCUT2D eigenvalue weighted by atomic mass is 10.1. The zero-order valence-electron chi connectivity index (χ0n) is 8.65. The third kappa shape index (κ3) is 4.74. The smallest absolute Gasteiger partial charge is 0.373 e. The fourth-order valence-corrected chi connectivity index (χ4v) is 0.994. The topological polar surface area (TPSA) is 60.4 Å². The van der Waals surface area contributed by atoms with Crippen molar-refractivity contribution in [2.24, 2.45) is 0 Å². The van der Waals surface area contributed by atoms with Crippen molar-refractivity contribution in [2.75, 3.05) is 7.11 Å². The van der Waals surface area contributed by atoms with Gasteiger partial charge in [-0.15, -0.1) is 0 Å². The molecule has 0 saturated heterocycles. The molecule has 1 aromatic carbocycles. The summed E-state index contributed by atoms with van der Waals surface area (Å²) in [5.74, 6) is -0.280. The van der Waals surface area contributed by atoms with E-state index in [0.29, 0.717) is 5.56 Å². The first-order valence-corrected chi connectivity index (χ1v) is 4.36. The number of carbonyl (C=O) groups excluding carboxylic acids is 3. The number of ether oxygens (including phenoxy) is 1. The highest BCUT2D eigenvalue weighted by Crippen LogP contribution is 2.05. The Balaban J connectivity index is 0.000000583. The predicted molar refractivity (Wildman–Crippen MR) is 52.2 cm³/mol. The number of methoxy groups -OCH3 is 1. The maximum atomic E-state index is 11.0. The van der Waals surface area contributed by atoms with Gasteiger partial charge in [0.15, 0.2) is 0 Å². The first kappa shape index (κ1) is 13.1. The Morgan fingerprint density at radius 1 is 1.27 bits per heavy atom. The molecular weight excluding hydrogens is 196 g/mol. The minimum atomic E-state index is -0.280. The van der Waals surface area contributed by atoms with Gasteiger partial charge in [0, 0.05) is 0 Å². The van der Waals surface area contributed by atoms with E-state index in [1.165, 1.54) is 12.7 Å². The van der Waals surface area contributed by atoms with Crippen LogP contribution in [-0.4, -0.2) is 19.2 Å². The molecule has 1 rings (SSSR count). The summed E-state index contributed by atoms with van der Waals surface area (Å²) in [5, 5.41) is 0. The van der Waals surface area contributed by atoms with E-state index in [0.717, 1.165) is 6.42 Å². The molecule has 0 unspecified atom stereocenters. The number of hydrogen-bond donors (Lipinski definition) is 0. The average Bonchev–Trinajstić information content (AvgIpc) is 2.29. The van der Waals surface area contributed by atoms with E-state index in [1.807, 2.05) is 12.1 Å². The highest BCUT2D eigenvalue weighted by molar-refractivity contribution is 5.89. The molecule has 80 valence electrons. The molecule has 1 aromatic rings. The van der Waals surface area contributed by atoms with Crippen LogP contribution in [0.25, 0.3) is 0 Å². The van der Waals surface area contributed by atoms with Gasteiger partial charge in [0.1, 0.15) is 0 Å². The number of aryl methyl sites for hydroxylation is 1. The zero-order chi connectivity index (χ0) is 11.7. The van der Waals surface area contributed by atoms with Crippen molar-refractivity contribution >= 4 is 12.1 Å². The number of carbonyl (C=O) groups is 1. The van der Waals surface area contributed by atoms with E-state index in [4.69, 9.17) is 9.59 Å². The lowest BCUT2D eigenvalue weighted by Gasteiger charge is -1.99. The predicted octanol–water partition coefficient (Wildman–Crippen LogP) is 1.45. The van der Waals surface area contributed by atoms with Crippen LogP contribution in [0.3, 0.4) is 0 Å². The van der Waals surface area contributed by atoms with Crippen LogP contribution in [0.1, 0.15) is 22.8 Å². The van der Waals surface area contributed by atoms with Crippen LogP contribution in [0.2, 0.25) is 0 Å². The zero-order valence-corrected chi connectivity index (χ0v) is 8.65. The molecule has 0 heterocycles. The average molecular weight is 208 g/mol. The van der Waals surface area contributed by atoms with E-state index < -0.39 is 0 Å². The number of esters is 1. The van der Waals surface area contributed by atoms with Crippen molar-refractivity contribution in [2.45, 2.75) is 13.3 Å². The van der Waals surface area contributed by atoms with Crippen molar-refractivity contribution in [3.8, 4) is 0 Å². The summed E-state index contributed by atoms with van der Waals surface area (Å²) < 4.78 is 4.57. The molecule has 0 N–H and O–H groups in total. The minimum Gasteiger partial charge on any atom is -0.465 e. The van der Waals surface area contributed by atoms with Crippen LogP contribution in [-0.2, 0) is 20.7 Å². The Kier molecular flexibility index (Phi) is 6.51. The van der Waals surface area contributed by atoms with E-state index in [-0.39, 0.29) is 12.1 Å². The fourth-order valence-electron chi connectivity index (χ4n) is 0.994. The fraction of sp³-hybridized carbons (Fsp3) is 0.273. The van der Waals surface area contributed by atoms with Gasteiger partial charge < -0.3 is 4.74 Å². The second kappa shape index (κ2) is 7.47. The van der Waals surface area contributed by atoms with Gasteiger partial charge in [0.25, 0.3) is 0 Å². The van der Waals surface area contributed by atoms with E-state index >= 15 is 0 Å². The van der Waals surface area contributed by atoms with Crippen LogP contribution in [0.15, 0.2) is 24.3 Å². The number of rotatable bonds is 2. The van der Waals surface area contributed by atoms with Gasteiger partial charge in [0.2, 0.25) is 0 Å². The van der Waals surface area contributed by atoms with Crippen molar-refractivity contribution in [1.29, 1.82) is 0 Å². The number of benzene rings is 1. The molecule has 0 aliphatic carbocycles. The maximum Gasteiger partial charge on any atom is 0.373 e. The van der Waals surface area contributed by atoms with Gasteiger partial charge in [-0.25, -0.2) is 4.79 Å². The van der Waals surface area contributed by atoms with Crippen LogP contribution < -0.4 is 0 Å². The summed E-state index contributed by atoms with van der Waals surface area (Å²) in [4.78, 5) is 27.2. The Morgan fingerprint density at radius 3 is 2.07 bits per heavy atom. The molecule has 15 heavy (non-hydrogen) atoms. The van der Waals surface area contributed by atoms with Crippen LogP contribution in [0.5, 0.6) is 0 Å². The molecule has 0 aliphatic rings. The SMILES string of the molecule is CCc1ccc(C(=O)OC)cc1.O=C=O. The van der Waals surface area contributed by atoms with Gasteiger partial charge >= 0.3 is 12.1 Å². The molecule has 0 aromatic heterocycles. The van der Waals surface area contributed by atoms with Gasteiger partial charge in [-0.2, -0.15) is 9.59 Å². The lowest BCUT2D eigenvalue weighted by molar-refractivity contribution is -0.191. The summed E-state index contributed by atoms with van der Waals surface area (Å²) in [5.41, 5.74) is 1.83. The summed E-state index contributed by atoms with van der Waals surface area (Å²) >= 11 is 0. The van der Waals surface area contributed by atoms with E-state index in [9.17, 15) is 4.79 Å². The van der Waals surface area contributed by atoms with Crippen LogP contribution >= 0.6 is 0 Å². The molecule has 0 saturated carbocycles. The van der Waals surface area contributed by atoms with Gasteiger partial charge in [-0.05, 0) is 24.1 Å². The summed E-state index contributed by atoms with van der Waals surface area (Å²) in [6, 6.07) is 7.44. The maximum absolute atomic E-state index is 11.0. The van der Waals surface area contributed by atoms with Crippen LogP contribution in [0, 0.1) is 0 Å². The normalized spacial score (nSPS) is 8.13. The minimum absolute atomic E-state index is 0.250. The molecule has 0 aliphatic heterocycles.